The molecule has 0 saturated heterocycles. The lowest BCUT2D eigenvalue weighted by atomic mass is 9.96. The van der Waals surface area contributed by atoms with Crippen molar-refractivity contribution in [3.63, 3.8) is 0 Å². The van der Waals surface area contributed by atoms with Gasteiger partial charge in [0.2, 0.25) is 0 Å². The zero-order valence-electron chi connectivity index (χ0n) is 13.9. The molecule has 3 atom stereocenters. The fraction of sp³-hybridized carbons (Fsp3) is 0.300. The maximum absolute atomic E-state index is 12.1. The second kappa shape index (κ2) is 7.67. The van der Waals surface area contributed by atoms with Crippen LogP contribution >= 0.6 is 11.8 Å². The number of hydrogen-bond acceptors (Lipinski definition) is 4. The van der Waals surface area contributed by atoms with Gasteiger partial charge in [-0.1, -0.05) is 79.3 Å². The van der Waals surface area contributed by atoms with Crippen molar-refractivity contribution < 1.29 is 9.53 Å². The van der Waals surface area contributed by atoms with Crippen molar-refractivity contribution in [1.29, 1.82) is 0 Å². The summed E-state index contributed by atoms with van der Waals surface area (Å²) in [4.78, 5) is 17.0. The van der Waals surface area contributed by atoms with E-state index in [4.69, 9.17) is 9.73 Å². The van der Waals surface area contributed by atoms with Crippen LogP contribution in [0.5, 0.6) is 0 Å². The molecule has 3 nitrogen and oxygen atoms in total. The van der Waals surface area contributed by atoms with Gasteiger partial charge in [0.15, 0.2) is 0 Å². The molecule has 1 aliphatic rings. The minimum atomic E-state index is -0.196. The van der Waals surface area contributed by atoms with Gasteiger partial charge in [-0.05, 0) is 12.0 Å². The summed E-state index contributed by atoms with van der Waals surface area (Å²) in [6.07, 6.45) is 0.830. The molecule has 0 aromatic heterocycles. The molecule has 24 heavy (non-hydrogen) atoms. The standard InChI is InChI=1S/C20H21NO2S/c1-14(20(22)23-2)18-17(13-15-9-5-3-6-10-15)21-19(24-18)16-11-7-4-8-12-16/h3-12,14,17-18H,13H2,1-2H3/t14-,17-,18?/m0/s1. The summed E-state index contributed by atoms with van der Waals surface area (Å²) in [5.41, 5.74) is 2.35. The molecular weight excluding hydrogens is 318 g/mol. The van der Waals surface area contributed by atoms with Crippen LogP contribution < -0.4 is 0 Å². The molecule has 2 aromatic rings. The minimum Gasteiger partial charge on any atom is -0.469 e. The molecule has 4 heteroatoms. The van der Waals surface area contributed by atoms with Crippen molar-refractivity contribution in [2.45, 2.75) is 24.6 Å². The lowest BCUT2D eigenvalue weighted by molar-refractivity contribution is -0.144. The summed E-state index contributed by atoms with van der Waals surface area (Å²) in [5.74, 6) is -0.367. The van der Waals surface area contributed by atoms with Crippen LogP contribution in [0, 0.1) is 5.92 Å². The lowest BCUT2D eigenvalue weighted by Crippen LogP contribution is -2.32. The number of nitrogens with zero attached hydrogens (tertiary/aromatic N) is 1. The molecule has 0 bridgehead atoms. The van der Waals surface area contributed by atoms with Crippen LogP contribution in [-0.4, -0.2) is 29.4 Å². The van der Waals surface area contributed by atoms with E-state index >= 15 is 0 Å². The van der Waals surface area contributed by atoms with E-state index < -0.39 is 0 Å². The quantitative estimate of drug-likeness (QED) is 0.774. The maximum Gasteiger partial charge on any atom is 0.309 e. The van der Waals surface area contributed by atoms with Crippen molar-refractivity contribution in [3.05, 3.63) is 71.8 Å². The average Bonchev–Trinajstić information content (AvgIpc) is 3.05. The zero-order valence-corrected chi connectivity index (χ0v) is 14.7. The SMILES string of the molecule is COC(=O)[C@@H](C)C1SC(c2ccccc2)=N[C@H]1Cc1ccccc1. The molecule has 0 N–H and O–H groups in total. The Morgan fingerprint density at radius 2 is 1.75 bits per heavy atom. The number of methoxy groups -OCH3 is 1. The van der Waals surface area contributed by atoms with E-state index in [1.165, 1.54) is 12.7 Å². The fourth-order valence-electron chi connectivity index (χ4n) is 2.96. The van der Waals surface area contributed by atoms with Gasteiger partial charge in [-0.25, -0.2) is 0 Å². The van der Waals surface area contributed by atoms with Gasteiger partial charge in [0, 0.05) is 10.8 Å². The monoisotopic (exact) mass is 339 g/mol. The molecule has 1 aliphatic heterocycles. The van der Waals surface area contributed by atoms with E-state index in [2.05, 4.69) is 24.3 Å². The van der Waals surface area contributed by atoms with Gasteiger partial charge in [-0.15, -0.1) is 0 Å². The second-order valence-corrected chi connectivity index (χ2v) is 7.12. The van der Waals surface area contributed by atoms with Crippen LogP contribution in [0.15, 0.2) is 65.7 Å². The van der Waals surface area contributed by atoms with Gasteiger partial charge in [-0.3, -0.25) is 9.79 Å². The van der Waals surface area contributed by atoms with Crippen LogP contribution in [0.1, 0.15) is 18.1 Å². The third-order valence-electron chi connectivity index (χ3n) is 4.28. The van der Waals surface area contributed by atoms with Gasteiger partial charge >= 0.3 is 5.97 Å². The third-order valence-corrected chi connectivity index (χ3v) is 5.84. The minimum absolute atomic E-state index is 0.0710. The first kappa shape index (κ1) is 16.8. The molecule has 0 saturated carbocycles. The fourth-order valence-corrected chi connectivity index (χ4v) is 4.31. The number of benzene rings is 2. The van der Waals surface area contributed by atoms with Gasteiger partial charge in [0.1, 0.15) is 0 Å². The van der Waals surface area contributed by atoms with Crippen LogP contribution in [0.25, 0.3) is 0 Å². The Bertz CT molecular complexity index is 715. The van der Waals surface area contributed by atoms with Crippen LogP contribution in [0.3, 0.4) is 0 Å². The number of esters is 1. The number of rotatable bonds is 5. The number of ether oxygens (including phenoxy) is 1. The summed E-state index contributed by atoms with van der Waals surface area (Å²) < 4.78 is 4.96. The normalized spacial score (nSPS) is 21.2. The highest BCUT2D eigenvalue weighted by Gasteiger charge is 2.38. The van der Waals surface area contributed by atoms with Gasteiger partial charge in [-0.2, -0.15) is 0 Å². The second-order valence-electron chi connectivity index (χ2n) is 5.95. The largest absolute Gasteiger partial charge is 0.469 e. The van der Waals surface area contributed by atoms with Crippen molar-refractivity contribution in [2.24, 2.45) is 10.9 Å². The Balaban J connectivity index is 1.86. The van der Waals surface area contributed by atoms with Gasteiger partial charge < -0.3 is 4.74 Å². The highest BCUT2D eigenvalue weighted by Crippen LogP contribution is 2.37. The van der Waals surface area contributed by atoms with Crippen molar-refractivity contribution in [1.82, 2.24) is 0 Å². The predicted molar refractivity (Wildman–Crippen MR) is 99.5 cm³/mol. The van der Waals surface area contributed by atoms with Gasteiger partial charge in [0.25, 0.3) is 0 Å². The first-order chi connectivity index (χ1) is 11.7. The van der Waals surface area contributed by atoms with E-state index in [9.17, 15) is 4.79 Å². The van der Waals surface area contributed by atoms with E-state index in [1.807, 2.05) is 43.3 Å². The average molecular weight is 339 g/mol. The van der Waals surface area contributed by atoms with E-state index in [0.717, 1.165) is 17.0 Å². The molecule has 0 radical (unpaired) electrons. The Kier molecular flexibility index (Phi) is 5.36. The first-order valence-corrected chi connectivity index (χ1v) is 8.98. The predicted octanol–water partition coefficient (Wildman–Crippen LogP) is 3.97. The smallest absolute Gasteiger partial charge is 0.309 e. The van der Waals surface area contributed by atoms with E-state index in [0.29, 0.717) is 0 Å². The summed E-state index contributed by atoms with van der Waals surface area (Å²) in [6.45, 7) is 1.94. The molecule has 3 rings (SSSR count). The number of thioether (sulfide) groups is 1. The van der Waals surface area contributed by atoms with Crippen LogP contribution in [-0.2, 0) is 16.0 Å². The Labute approximate surface area is 147 Å². The molecule has 2 aromatic carbocycles. The summed E-state index contributed by atoms with van der Waals surface area (Å²) >= 11 is 1.69. The highest BCUT2D eigenvalue weighted by molar-refractivity contribution is 8.15. The highest BCUT2D eigenvalue weighted by atomic mass is 32.2. The number of carbonyl (C=O) groups is 1. The van der Waals surface area contributed by atoms with Crippen LogP contribution in [0.4, 0.5) is 0 Å². The summed E-state index contributed by atoms with van der Waals surface area (Å²) in [7, 11) is 1.45. The molecule has 0 amide bonds. The first-order valence-electron chi connectivity index (χ1n) is 8.10. The molecule has 0 aliphatic carbocycles. The number of aliphatic imine (C=N–C) groups is 1. The number of carbonyl (C=O) groups excluding carboxylic acids is 1. The third kappa shape index (κ3) is 3.70. The zero-order chi connectivity index (χ0) is 16.9. The van der Waals surface area contributed by atoms with Crippen molar-refractivity contribution in [2.75, 3.05) is 7.11 Å². The summed E-state index contributed by atoms with van der Waals surface area (Å²) in [5, 5.41) is 1.10. The van der Waals surface area contributed by atoms with Crippen LogP contribution in [0.2, 0.25) is 0 Å². The summed E-state index contributed by atoms with van der Waals surface area (Å²) in [6, 6.07) is 20.6. The van der Waals surface area contributed by atoms with Crippen molar-refractivity contribution in [3.8, 4) is 0 Å². The van der Waals surface area contributed by atoms with Crippen molar-refractivity contribution >= 4 is 22.8 Å². The Hall–Kier alpha value is -2.07. The lowest BCUT2D eigenvalue weighted by Gasteiger charge is -2.22. The molecule has 1 heterocycles. The Morgan fingerprint density at radius 3 is 2.38 bits per heavy atom. The molecule has 1 unspecified atom stereocenters. The molecule has 0 fully saturated rings. The molecule has 0 spiro atoms. The topological polar surface area (TPSA) is 38.7 Å². The van der Waals surface area contributed by atoms with E-state index in [-0.39, 0.29) is 23.2 Å². The van der Waals surface area contributed by atoms with Gasteiger partial charge in [0.05, 0.1) is 24.1 Å². The Morgan fingerprint density at radius 1 is 1.12 bits per heavy atom. The molecule has 124 valence electrons. The number of hydrogen-bond donors (Lipinski definition) is 0. The maximum atomic E-state index is 12.1. The molecular formula is C20H21NO2S. The van der Waals surface area contributed by atoms with E-state index in [1.54, 1.807) is 11.8 Å².